The zero-order chi connectivity index (χ0) is 23.2. The largest absolute Gasteiger partial charge is 0.390 e. The van der Waals surface area contributed by atoms with E-state index in [4.69, 9.17) is 0 Å². The van der Waals surface area contributed by atoms with Gasteiger partial charge in [0.1, 0.15) is 23.7 Å². The minimum atomic E-state index is -4.32. The summed E-state index contributed by atoms with van der Waals surface area (Å²) in [4.78, 5) is 15.0. The third kappa shape index (κ3) is 3.81. The van der Waals surface area contributed by atoms with Crippen LogP contribution in [0.4, 0.5) is 23.4 Å². The average Bonchev–Trinajstić information content (AvgIpc) is 3.47. The number of aromatic nitrogens is 7. The van der Waals surface area contributed by atoms with Crippen LogP contribution in [0.15, 0.2) is 49.2 Å². The predicted octanol–water partition coefficient (Wildman–Crippen LogP) is 4.27. The van der Waals surface area contributed by atoms with E-state index in [1.165, 1.54) is 24.7 Å². The van der Waals surface area contributed by atoms with Crippen molar-refractivity contribution < 1.29 is 17.6 Å². The van der Waals surface area contributed by atoms with Gasteiger partial charge in [-0.3, -0.25) is 9.13 Å². The van der Waals surface area contributed by atoms with Crippen molar-refractivity contribution in [3.63, 3.8) is 0 Å². The van der Waals surface area contributed by atoms with Gasteiger partial charge in [-0.25, -0.2) is 14.4 Å². The summed E-state index contributed by atoms with van der Waals surface area (Å²) in [6.45, 7) is 1.59. The Morgan fingerprint density at radius 3 is 2.58 bits per heavy atom. The summed E-state index contributed by atoms with van der Waals surface area (Å²) < 4.78 is 55.9. The van der Waals surface area contributed by atoms with Crippen LogP contribution in [0.2, 0.25) is 0 Å². The summed E-state index contributed by atoms with van der Waals surface area (Å²) >= 11 is 0. The van der Waals surface area contributed by atoms with Gasteiger partial charge in [0.15, 0.2) is 11.6 Å². The van der Waals surface area contributed by atoms with Crippen LogP contribution >= 0.6 is 0 Å². The van der Waals surface area contributed by atoms with Gasteiger partial charge in [-0.05, 0) is 30.7 Å². The summed E-state index contributed by atoms with van der Waals surface area (Å²) in [7, 11) is 0. The Labute approximate surface area is 185 Å². The van der Waals surface area contributed by atoms with Crippen molar-refractivity contribution in [2.45, 2.75) is 32.0 Å². The Morgan fingerprint density at radius 2 is 1.85 bits per heavy atom. The second-order valence-corrected chi connectivity index (χ2v) is 7.55. The first-order valence-corrected chi connectivity index (χ1v) is 10.3. The smallest absolute Gasteiger partial charge is 0.344 e. The molecule has 12 heteroatoms. The fourth-order valence-corrected chi connectivity index (χ4v) is 3.99. The molecule has 170 valence electrons. The Balaban J connectivity index is 1.61. The van der Waals surface area contributed by atoms with Crippen molar-refractivity contribution in [2.75, 3.05) is 11.4 Å². The van der Waals surface area contributed by atoms with E-state index in [1.54, 1.807) is 38.6 Å². The maximum absolute atomic E-state index is 13.4. The van der Waals surface area contributed by atoms with E-state index in [-0.39, 0.29) is 18.3 Å². The molecule has 0 aliphatic carbocycles. The van der Waals surface area contributed by atoms with Crippen LogP contribution in [-0.2, 0) is 0 Å². The Bertz CT molecular complexity index is 1280. The summed E-state index contributed by atoms with van der Waals surface area (Å²) in [6.07, 6.45) is 1.43. The standard InChI is InChI=1S/C21H18F4N8/c1-2-15-19-30-28-12-33(19)16-11-27-20(29-18(16)31(15)9-7-21(23,24)25)32-10-8-26-17(32)13-3-5-14(22)6-4-13/h3-6,8,10-12,15H,2,7,9H2,1H3. The molecule has 4 heterocycles. The molecular weight excluding hydrogens is 440 g/mol. The quantitative estimate of drug-likeness (QED) is 0.416. The van der Waals surface area contributed by atoms with E-state index >= 15 is 0 Å². The number of hydrogen-bond acceptors (Lipinski definition) is 6. The third-order valence-electron chi connectivity index (χ3n) is 5.50. The lowest BCUT2D eigenvalue weighted by molar-refractivity contribution is -0.132. The van der Waals surface area contributed by atoms with E-state index in [9.17, 15) is 17.6 Å². The van der Waals surface area contributed by atoms with E-state index in [0.29, 0.717) is 35.1 Å². The van der Waals surface area contributed by atoms with E-state index in [0.717, 1.165) is 0 Å². The third-order valence-corrected chi connectivity index (χ3v) is 5.50. The molecule has 4 aromatic rings. The molecule has 0 saturated carbocycles. The molecule has 33 heavy (non-hydrogen) atoms. The first-order valence-electron chi connectivity index (χ1n) is 10.3. The Hall–Kier alpha value is -3.83. The van der Waals surface area contributed by atoms with E-state index in [2.05, 4.69) is 25.1 Å². The van der Waals surface area contributed by atoms with Gasteiger partial charge in [0.25, 0.3) is 0 Å². The van der Waals surface area contributed by atoms with Gasteiger partial charge in [0, 0.05) is 24.5 Å². The first kappa shape index (κ1) is 21.0. The Morgan fingerprint density at radius 1 is 1.06 bits per heavy atom. The molecule has 1 aliphatic rings. The highest BCUT2D eigenvalue weighted by molar-refractivity contribution is 5.63. The monoisotopic (exact) mass is 458 g/mol. The number of benzene rings is 1. The number of halogens is 4. The molecule has 1 aliphatic heterocycles. The van der Waals surface area contributed by atoms with Crippen molar-refractivity contribution in [2.24, 2.45) is 0 Å². The molecule has 1 unspecified atom stereocenters. The number of rotatable bonds is 5. The number of anilines is 1. The molecule has 0 N–H and O–H groups in total. The minimum absolute atomic E-state index is 0.231. The van der Waals surface area contributed by atoms with Crippen LogP contribution in [0, 0.1) is 5.82 Å². The number of imidazole rings is 1. The molecule has 0 fully saturated rings. The molecule has 3 aromatic heterocycles. The lowest BCUT2D eigenvalue weighted by Gasteiger charge is -2.37. The van der Waals surface area contributed by atoms with Gasteiger partial charge in [-0.1, -0.05) is 6.92 Å². The maximum atomic E-state index is 13.4. The molecule has 8 nitrogen and oxygen atoms in total. The molecule has 1 aromatic carbocycles. The van der Waals surface area contributed by atoms with Crippen LogP contribution in [0.1, 0.15) is 31.6 Å². The summed E-state index contributed by atoms with van der Waals surface area (Å²) in [6, 6.07) is 5.38. The van der Waals surface area contributed by atoms with Crippen LogP contribution in [0.3, 0.4) is 0 Å². The minimum Gasteiger partial charge on any atom is -0.344 e. The molecular formula is C21H18F4N8. The van der Waals surface area contributed by atoms with Gasteiger partial charge < -0.3 is 4.90 Å². The van der Waals surface area contributed by atoms with Crippen LogP contribution < -0.4 is 4.90 Å². The zero-order valence-electron chi connectivity index (χ0n) is 17.4. The number of hydrogen-bond donors (Lipinski definition) is 0. The fraction of sp³-hybridized carbons (Fsp3) is 0.286. The van der Waals surface area contributed by atoms with Crippen LogP contribution in [0.25, 0.3) is 23.0 Å². The van der Waals surface area contributed by atoms with Gasteiger partial charge in [-0.15, -0.1) is 10.2 Å². The number of alkyl halides is 3. The Kier molecular flexibility index (Phi) is 5.06. The van der Waals surface area contributed by atoms with Crippen LogP contribution in [0.5, 0.6) is 0 Å². The topological polar surface area (TPSA) is 77.5 Å². The molecule has 0 radical (unpaired) electrons. The average molecular weight is 458 g/mol. The highest BCUT2D eigenvalue weighted by Gasteiger charge is 2.36. The van der Waals surface area contributed by atoms with Crippen molar-refractivity contribution in [1.29, 1.82) is 0 Å². The molecule has 0 amide bonds. The van der Waals surface area contributed by atoms with Gasteiger partial charge in [0.2, 0.25) is 5.95 Å². The molecule has 0 spiro atoms. The molecule has 5 rings (SSSR count). The summed E-state index contributed by atoms with van der Waals surface area (Å²) in [5.41, 5.74) is 1.14. The number of fused-ring (bicyclic) bond motifs is 3. The predicted molar refractivity (Wildman–Crippen MR) is 111 cm³/mol. The first-order chi connectivity index (χ1) is 15.9. The zero-order valence-corrected chi connectivity index (χ0v) is 17.4. The van der Waals surface area contributed by atoms with Gasteiger partial charge >= 0.3 is 6.18 Å². The summed E-state index contributed by atoms with van der Waals surface area (Å²) in [5.74, 6) is 1.22. The molecule has 1 atom stereocenters. The highest BCUT2D eigenvalue weighted by Crippen LogP contribution is 2.39. The van der Waals surface area contributed by atoms with E-state index < -0.39 is 18.6 Å². The lowest BCUT2D eigenvalue weighted by Crippen LogP contribution is -2.38. The molecule has 0 bridgehead atoms. The number of nitrogens with zero attached hydrogens (tertiary/aromatic N) is 8. The second-order valence-electron chi connectivity index (χ2n) is 7.55. The lowest BCUT2D eigenvalue weighted by atomic mass is 10.1. The second kappa shape index (κ2) is 7.94. The normalized spacial score (nSPS) is 15.4. The van der Waals surface area contributed by atoms with Crippen molar-refractivity contribution in [3.8, 4) is 23.0 Å². The fourth-order valence-electron chi connectivity index (χ4n) is 3.99. The molecule has 0 saturated heterocycles. The van der Waals surface area contributed by atoms with Gasteiger partial charge in [-0.2, -0.15) is 18.2 Å². The summed E-state index contributed by atoms with van der Waals surface area (Å²) in [5, 5.41) is 8.06. The maximum Gasteiger partial charge on any atom is 0.390 e. The van der Waals surface area contributed by atoms with Gasteiger partial charge in [0.05, 0.1) is 18.7 Å². The van der Waals surface area contributed by atoms with Crippen molar-refractivity contribution in [1.82, 2.24) is 34.3 Å². The van der Waals surface area contributed by atoms with Crippen molar-refractivity contribution >= 4 is 5.82 Å². The van der Waals surface area contributed by atoms with E-state index in [1.807, 2.05) is 6.92 Å². The highest BCUT2D eigenvalue weighted by atomic mass is 19.4. The van der Waals surface area contributed by atoms with Crippen molar-refractivity contribution in [3.05, 3.63) is 60.8 Å². The SMILES string of the molecule is CCC1c2nncn2-c2cnc(-n3ccnc3-c3ccc(F)cc3)nc2N1CCC(F)(F)F. The van der Waals surface area contributed by atoms with Crippen LogP contribution in [-0.4, -0.2) is 47.0 Å².